The number of carbonyl (C=O) groups excluding carboxylic acids is 1. The number of aliphatic hydroxyl groups is 1. The monoisotopic (exact) mass is 191 g/mol. The Bertz CT molecular complexity index is 174. The molecule has 2 atom stereocenters. The summed E-state index contributed by atoms with van der Waals surface area (Å²) in [6, 6.07) is 0. The van der Waals surface area contributed by atoms with E-state index in [9.17, 15) is 4.79 Å². The molecular weight excluding hydrogens is 178 g/mol. The molecule has 0 aromatic carbocycles. The van der Waals surface area contributed by atoms with Gasteiger partial charge in [-0.2, -0.15) is 0 Å². The van der Waals surface area contributed by atoms with Gasteiger partial charge in [0.25, 0.3) is 0 Å². The molecule has 1 aliphatic rings. The van der Waals surface area contributed by atoms with E-state index in [1.54, 1.807) is 4.90 Å². The molecule has 0 spiro atoms. The highest BCUT2D eigenvalue weighted by Crippen LogP contribution is 2.13. The van der Waals surface area contributed by atoms with Gasteiger partial charge in [0.2, 0.25) is 5.91 Å². The van der Waals surface area contributed by atoms with E-state index in [1.807, 2.05) is 6.92 Å². The van der Waals surface area contributed by atoms with Gasteiger partial charge in [0.05, 0.1) is 6.10 Å². The highest BCUT2D eigenvalue weighted by atomic mass is 35.5. The van der Waals surface area contributed by atoms with E-state index in [1.165, 1.54) is 0 Å². The van der Waals surface area contributed by atoms with Crippen molar-refractivity contribution in [3.8, 4) is 0 Å². The number of rotatable bonds is 2. The Morgan fingerprint density at radius 3 is 2.92 bits per heavy atom. The van der Waals surface area contributed by atoms with E-state index in [2.05, 4.69) is 0 Å². The molecule has 0 radical (unpaired) electrons. The number of hydrogen-bond acceptors (Lipinski definition) is 2. The van der Waals surface area contributed by atoms with Crippen LogP contribution in [0.4, 0.5) is 0 Å². The largest absolute Gasteiger partial charge is 0.391 e. The number of aliphatic hydroxyl groups excluding tert-OH is 1. The predicted octanol–water partition coefficient (Wildman–Crippen LogP) is 0.597. The fraction of sp³-hybridized carbons (Fsp3) is 0.875. The average molecular weight is 192 g/mol. The Labute approximate surface area is 77.3 Å². The van der Waals surface area contributed by atoms with Crippen LogP contribution < -0.4 is 0 Å². The summed E-state index contributed by atoms with van der Waals surface area (Å²) < 4.78 is 0. The zero-order valence-corrected chi connectivity index (χ0v) is 7.92. The number of hydrogen-bond donors (Lipinski definition) is 1. The SMILES string of the molecule is CCC(Cl)C(=O)N1CCC(O)C1. The second kappa shape index (κ2) is 4.10. The maximum Gasteiger partial charge on any atom is 0.240 e. The summed E-state index contributed by atoms with van der Waals surface area (Å²) in [6.07, 6.45) is 0.973. The highest BCUT2D eigenvalue weighted by Gasteiger charge is 2.27. The molecule has 2 unspecified atom stereocenters. The molecule has 0 aliphatic carbocycles. The van der Waals surface area contributed by atoms with Gasteiger partial charge < -0.3 is 10.0 Å². The van der Waals surface area contributed by atoms with Gasteiger partial charge >= 0.3 is 0 Å². The maximum absolute atomic E-state index is 11.4. The molecule has 70 valence electrons. The van der Waals surface area contributed by atoms with E-state index in [-0.39, 0.29) is 12.0 Å². The second-order valence-corrected chi connectivity index (χ2v) is 3.63. The summed E-state index contributed by atoms with van der Waals surface area (Å²) in [6.45, 7) is 2.97. The number of nitrogens with zero attached hydrogens (tertiary/aromatic N) is 1. The average Bonchev–Trinajstić information content (AvgIpc) is 2.49. The van der Waals surface area contributed by atoms with Crippen molar-refractivity contribution in [3.05, 3.63) is 0 Å². The molecule has 0 aromatic rings. The Morgan fingerprint density at radius 1 is 1.83 bits per heavy atom. The second-order valence-electron chi connectivity index (χ2n) is 3.10. The molecule has 12 heavy (non-hydrogen) atoms. The summed E-state index contributed by atoms with van der Waals surface area (Å²) in [5.41, 5.74) is 0. The lowest BCUT2D eigenvalue weighted by atomic mass is 10.3. The number of alkyl halides is 1. The number of amides is 1. The molecule has 1 heterocycles. The van der Waals surface area contributed by atoms with Crippen LogP contribution >= 0.6 is 11.6 Å². The molecular formula is C8H14ClNO2. The van der Waals surface area contributed by atoms with Gasteiger partial charge in [0.15, 0.2) is 0 Å². The minimum absolute atomic E-state index is 0.0456. The molecule has 1 fully saturated rings. The molecule has 3 nitrogen and oxygen atoms in total. The van der Waals surface area contributed by atoms with Crippen LogP contribution in [-0.2, 0) is 4.79 Å². The summed E-state index contributed by atoms with van der Waals surface area (Å²) in [7, 11) is 0. The molecule has 1 saturated heterocycles. The molecule has 0 aromatic heterocycles. The molecule has 1 rings (SSSR count). The van der Waals surface area contributed by atoms with Gasteiger partial charge in [-0.3, -0.25) is 4.79 Å². The lowest BCUT2D eigenvalue weighted by molar-refractivity contribution is -0.130. The third-order valence-corrected chi connectivity index (χ3v) is 2.60. The zero-order chi connectivity index (χ0) is 9.14. The van der Waals surface area contributed by atoms with Crippen LogP contribution in [0, 0.1) is 0 Å². The molecule has 1 aliphatic heterocycles. The van der Waals surface area contributed by atoms with Crippen molar-refractivity contribution in [1.82, 2.24) is 4.90 Å². The van der Waals surface area contributed by atoms with Crippen LogP contribution in [-0.4, -0.2) is 40.5 Å². The van der Waals surface area contributed by atoms with Crippen molar-refractivity contribution in [2.75, 3.05) is 13.1 Å². The Kier molecular flexibility index (Phi) is 3.35. The van der Waals surface area contributed by atoms with Crippen LogP contribution in [0.15, 0.2) is 0 Å². The van der Waals surface area contributed by atoms with Crippen LogP contribution in [0.2, 0.25) is 0 Å². The Morgan fingerprint density at radius 2 is 2.50 bits per heavy atom. The van der Waals surface area contributed by atoms with E-state index in [0.717, 1.165) is 0 Å². The molecule has 1 N–H and O–H groups in total. The van der Waals surface area contributed by atoms with Crippen molar-refractivity contribution in [1.29, 1.82) is 0 Å². The highest BCUT2D eigenvalue weighted by molar-refractivity contribution is 6.30. The first-order valence-corrected chi connectivity index (χ1v) is 4.69. The topological polar surface area (TPSA) is 40.5 Å². The fourth-order valence-corrected chi connectivity index (χ4v) is 1.45. The van der Waals surface area contributed by atoms with Crippen LogP contribution in [0.5, 0.6) is 0 Å². The Balaban J connectivity index is 2.43. The first-order chi connectivity index (χ1) is 5.65. The van der Waals surface area contributed by atoms with Crippen molar-refractivity contribution < 1.29 is 9.90 Å². The van der Waals surface area contributed by atoms with Crippen molar-refractivity contribution in [2.24, 2.45) is 0 Å². The van der Waals surface area contributed by atoms with Gasteiger partial charge in [-0.15, -0.1) is 11.6 Å². The summed E-state index contributed by atoms with van der Waals surface area (Å²) >= 11 is 5.77. The molecule has 1 amide bonds. The third-order valence-electron chi connectivity index (χ3n) is 2.10. The van der Waals surface area contributed by atoms with Crippen molar-refractivity contribution in [2.45, 2.75) is 31.2 Å². The standard InChI is InChI=1S/C8H14ClNO2/c1-2-7(9)8(12)10-4-3-6(11)5-10/h6-7,11H,2-5H2,1H3. The lowest BCUT2D eigenvalue weighted by Gasteiger charge is -2.17. The third kappa shape index (κ3) is 2.11. The summed E-state index contributed by atoms with van der Waals surface area (Å²) in [5.74, 6) is -0.0456. The quantitative estimate of drug-likeness (QED) is 0.650. The number of β-amino-alcohol motifs (C(OH)–C–C–N with tert-alkyl or cyclic N) is 1. The van der Waals surface area contributed by atoms with E-state index in [0.29, 0.717) is 25.9 Å². The van der Waals surface area contributed by atoms with Crippen LogP contribution in [0.1, 0.15) is 19.8 Å². The van der Waals surface area contributed by atoms with E-state index in [4.69, 9.17) is 16.7 Å². The fourth-order valence-electron chi connectivity index (χ4n) is 1.31. The molecule has 0 saturated carbocycles. The molecule has 4 heteroatoms. The minimum atomic E-state index is -0.421. The van der Waals surface area contributed by atoms with Gasteiger partial charge in [0.1, 0.15) is 5.38 Å². The van der Waals surface area contributed by atoms with Gasteiger partial charge in [-0.1, -0.05) is 6.92 Å². The lowest BCUT2D eigenvalue weighted by Crippen LogP contribution is -2.35. The predicted molar refractivity (Wildman–Crippen MR) is 47.1 cm³/mol. The van der Waals surface area contributed by atoms with Crippen LogP contribution in [0.3, 0.4) is 0 Å². The van der Waals surface area contributed by atoms with E-state index < -0.39 is 5.38 Å². The van der Waals surface area contributed by atoms with E-state index >= 15 is 0 Å². The number of carbonyl (C=O) groups is 1. The van der Waals surface area contributed by atoms with Crippen molar-refractivity contribution in [3.63, 3.8) is 0 Å². The summed E-state index contributed by atoms with van der Waals surface area (Å²) in [4.78, 5) is 13.0. The maximum atomic E-state index is 11.4. The number of halogens is 1. The Hall–Kier alpha value is -0.280. The van der Waals surface area contributed by atoms with Gasteiger partial charge in [-0.25, -0.2) is 0 Å². The smallest absolute Gasteiger partial charge is 0.240 e. The summed E-state index contributed by atoms with van der Waals surface area (Å²) in [5, 5.41) is 8.74. The first kappa shape index (κ1) is 9.81. The minimum Gasteiger partial charge on any atom is -0.391 e. The molecule has 0 bridgehead atoms. The van der Waals surface area contributed by atoms with Gasteiger partial charge in [-0.05, 0) is 12.8 Å². The van der Waals surface area contributed by atoms with Crippen LogP contribution in [0.25, 0.3) is 0 Å². The first-order valence-electron chi connectivity index (χ1n) is 4.26. The number of likely N-dealkylation sites (tertiary alicyclic amines) is 1. The van der Waals surface area contributed by atoms with Crippen molar-refractivity contribution >= 4 is 17.5 Å². The normalized spacial score (nSPS) is 25.9. The van der Waals surface area contributed by atoms with Gasteiger partial charge in [0, 0.05) is 13.1 Å². The zero-order valence-electron chi connectivity index (χ0n) is 7.16.